The van der Waals surface area contributed by atoms with Gasteiger partial charge >= 0.3 is 0 Å². The number of fused-ring (bicyclic) bond motifs is 1. The number of para-hydroxylation sites is 1. The molecule has 0 bridgehead atoms. The van der Waals surface area contributed by atoms with E-state index in [1.807, 2.05) is 31.2 Å². The molecule has 0 atom stereocenters. The monoisotopic (exact) mass is 298 g/mol. The second-order valence-corrected chi connectivity index (χ2v) is 5.87. The minimum atomic E-state index is -0.111. The van der Waals surface area contributed by atoms with Gasteiger partial charge in [0, 0.05) is 24.5 Å². The van der Waals surface area contributed by atoms with Crippen LogP contribution in [0.1, 0.15) is 20.4 Å². The van der Waals surface area contributed by atoms with E-state index in [0.717, 1.165) is 20.9 Å². The van der Waals surface area contributed by atoms with Crippen LogP contribution in [0.25, 0.3) is 10.9 Å². The van der Waals surface area contributed by atoms with Gasteiger partial charge in [-0.1, -0.05) is 18.2 Å². The van der Waals surface area contributed by atoms with Gasteiger partial charge in [0.2, 0.25) is 0 Å². The van der Waals surface area contributed by atoms with Gasteiger partial charge in [-0.25, -0.2) is 0 Å². The first-order valence-electron chi connectivity index (χ1n) is 6.65. The van der Waals surface area contributed by atoms with Gasteiger partial charge in [-0.05, 0) is 19.1 Å². The topological polar surface area (TPSA) is 67.8 Å². The van der Waals surface area contributed by atoms with Gasteiger partial charge in [0.1, 0.15) is 10.0 Å². The molecule has 6 heteroatoms. The molecule has 0 radical (unpaired) electrons. The Balaban J connectivity index is 1.69. The molecular formula is C15H14N4OS. The SMILES string of the molecule is Cc1nnc(CCNC(=O)c2cccc3cccnc23)s1. The molecule has 1 aromatic carbocycles. The summed E-state index contributed by atoms with van der Waals surface area (Å²) < 4.78 is 0. The number of nitrogens with zero attached hydrogens (tertiary/aromatic N) is 3. The van der Waals surface area contributed by atoms with Gasteiger partial charge in [-0.15, -0.1) is 21.5 Å². The van der Waals surface area contributed by atoms with Crippen molar-refractivity contribution in [3.63, 3.8) is 0 Å². The summed E-state index contributed by atoms with van der Waals surface area (Å²) in [5.41, 5.74) is 1.32. The third-order valence-corrected chi connectivity index (χ3v) is 3.97. The largest absolute Gasteiger partial charge is 0.352 e. The van der Waals surface area contributed by atoms with Crippen LogP contribution in [0.4, 0.5) is 0 Å². The van der Waals surface area contributed by atoms with Gasteiger partial charge in [-0.2, -0.15) is 0 Å². The highest BCUT2D eigenvalue weighted by atomic mass is 32.1. The molecule has 0 aliphatic carbocycles. The first-order chi connectivity index (χ1) is 10.2. The number of rotatable bonds is 4. The van der Waals surface area contributed by atoms with E-state index < -0.39 is 0 Å². The van der Waals surface area contributed by atoms with E-state index in [0.29, 0.717) is 18.5 Å². The molecule has 106 valence electrons. The summed E-state index contributed by atoms with van der Waals surface area (Å²) in [5.74, 6) is -0.111. The zero-order valence-corrected chi connectivity index (χ0v) is 12.4. The molecule has 0 aliphatic rings. The molecule has 1 N–H and O–H groups in total. The zero-order chi connectivity index (χ0) is 14.7. The summed E-state index contributed by atoms with van der Waals surface area (Å²) in [4.78, 5) is 16.6. The Morgan fingerprint density at radius 1 is 1.24 bits per heavy atom. The molecule has 0 saturated heterocycles. The first-order valence-corrected chi connectivity index (χ1v) is 7.46. The average Bonchev–Trinajstić information content (AvgIpc) is 2.92. The number of nitrogens with one attached hydrogen (secondary N) is 1. The summed E-state index contributed by atoms with van der Waals surface area (Å²) in [5, 5.41) is 13.7. The predicted molar refractivity (Wildman–Crippen MR) is 82.4 cm³/mol. The fourth-order valence-electron chi connectivity index (χ4n) is 2.10. The van der Waals surface area contributed by atoms with Gasteiger partial charge in [0.15, 0.2) is 0 Å². The van der Waals surface area contributed by atoms with Crippen LogP contribution in [0.5, 0.6) is 0 Å². The molecule has 0 unspecified atom stereocenters. The Morgan fingerprint density at radius 2 is 2.10 bits per heavy atom. The lowest BCUT2D eigenvalue weighted by molar-refractivity contribution is 0.0955. The van der Waals surface area contributed by atoms with Crippen LogP contribution in [0.15, 0.2) is 36.5 Å². The second-order valence-electron chi connectivity index (χ2n) is 4.60. The fourth-order valence-corrected chi connectivity index (χ4v) is 2.81. The number of carbonyl (C=O) groups excluding carboxylic acids is 1. The number of carbonyl (C=O) groups is 1. The standard InChI is InChI=1S/C15H14N4OS/c1-10-18-19-13(21-10)7-9-17-15(20)12-6-2-4-11-5-3-8-16-14(11)12/h2-6,8H,7,9H2,1H3,(H,17,20). The second kappa shape index (κ2) is 5.97. The van der Waals surface area contributed by atoms with E-state index in [-0.39, 0.29) is 5.91 Å². The van der Waals surface area contributed by atoms with Crippen molar-refractivity contribution in [1.29, 1.82) is 0 Å². The molecular weight excluding hydrogens is 284 g/mol. The molecule has 0 aliphatic heterocycles. The first kappa shape index (κ1) is 13.6. The van der Waals surface area contributed by atoms with Crippen LogP contribution in [0.3, 0.4) is 0 Å². The number of hydrogen-bond acceptors (Lipinski definition) is 5. The van der Waals surface area contributed by atoms with Crippen molar-refractivity contribution in [3.8, 4) is 0 Å². The molecule has 3 aromatic rings. The minimum Gasteiger partial charge on any atom is -0.352 e. The highest BCUT2D eigenvalue weighted by molar-refractivity contribution is 7.11. The quantitative estimate of drug-likeness (QED) is 0.803. The van der Waals surface area contributed by atoms with Crippen LogP contribution in [-0.4, -0.2) is 27.6 Å². The summed E-state index contributed by atoms with van der Waals surface area (Å²) in [6.07, 6.45) is 2.39. The molecule has 2 aromatic heterocycles. The number of pyridine rings is 1. The zero-order valence-electron chi connectivity index (χ0n) is 11.5. The smallest absolute Gasteiger partial charge is 0.253 e. The molecule has 0 spiro atoms. The summed E-state index contributed by atoms with van der Waals surface area (Å²) in [6.45, 7) is 2.46. The summed E-state index contributed by atoms with van der Waals surface area (Å²) >= 11 is 1.55. The van der Waals surface area contributed by atoms with E-state index in [1.165, 1.54) is 0 Å². The maximum Gasteiger partial charge on any atom is 0.253 e. The van der Waals surface area contributed by atoms with Crippen molar-refractivity contribution in [3.05, 3.63) is 52.1 Å². The van der Waals surface area contributed by atoms with Crippen LogP contribution in [-0.2, 0) is 6.42 Å². The van der Waals surface area contributed by atoms with Crippen molar-refractivity contribution < 1.29 is 4.79 Å². The number of benzene rings is 1. The third kappa shape index (κ3) is 3.05. The number of hydrogen-bond donors (Lipinski definition) is 1. The highest BCUT2D eigenvalue weighted by Crippen LogP contribution is 2.15. The van der Waals surface area contributed by atoms with Crippen LogP contribution in [0.2, 0.25) is 0 Å². The molecule has 1 amide bonds. The summed E-state index contributed by atoms with van der Waals surface area (Å²) in [6, 6.07) is 9.42. The molecule has 5 nitrogen and oxygen atoms in total. The van der Waals surface area contributed by atoms with E-state index in [1.54, 1.807) is 23.6 Å². The van der Waals surface area contributed by atoms with E-state index in [4.69, 9.17) is 0 Å². The van der Waals surface area contributed by atoms with E-state index in [2.05, 4.69) is 20.5 Å². The lowest BCUT2D eigenvalue weighted by Crippen LogP contribution is -2.26. The van der Waals surface area contributed by atoms with Crippen molar-refractivity contribution in [2.24, 2.45) is 0 Å². The van der Waals surface area contributed by atoms with Gasteiger partial charge in [0.25, 0.3) is 5.91 Å². The Morgan fingerprint density at radius 3 is 2.90 bits per heavy atom. The molecule has 21 heavy (non-hydrogen) atoms. The van der Waals surface area contributed by atoms with Crippen LogP contribution < -0.4 is 5.32 Å². The van der Waals surface area contributed by atoms with E-state index in [9.17, 15) is 4.79 Å². The normalized spacial score (nSPS) is 10.7. The number of aryl methyl sites for hydroxylation is 1. The van der Waals surface area contributed by atoms with Crippen molar-refractivity contribution in [2.75, 3.05) is 6.54 Å². The molecule has 0 saturated carbocycles. The molecule has 2 heterocycles. The maximum atomic E-state index is 12.3. The van der Waals surface area contributed by atoms with Crippen molar-refractivity contribution >= 4 is 28.1 Å². The Bertz CT molecular complexity index is 779. The Kier molecular flexibility index (Phi) is 3.87. The average molecular weight is 298 g/mol. The lowest BCUT2D eigenvalue weighted by atomic mass is 10.1. The van der Waals surface area contributed by atoms with E-state index >= 15 is 0 Å². The third-order valence-electron chi connectivity index (χ3n) is 3.07. The van der Waals surface area contributed by atoms with Gasteiger partial charge in [0.05, 0.1) is 11.1 Å². The number of aromatic nitrogens is 3. The molecule has 3 rings (SSSR count). The lowest BCUT2D eigenvalue weighted by Gasteiger charge is -2.06. The van der Waals surface area contributed by atoms with Crippen LogP contribution >= 0.6 is 11.3 Å². The Hall–Kier alpha value is -2.34. The minimum absolute atomic E-state index is 0.111. The van der Waals surface area contributed by atoms with Gasteiger partial charge < -0.3 is 5.32 Å². The molecule has 0 fully saturated rings. The van der Waals surface area contributed by atoms with Crippen molar-refractivity contribution in [2.45, 2.75) is 13.3 Å². The number of amides is 1. The summed E-state index contributed by atoms with van der Waals surface area (Å²) in [7, 11) is 0. The van der Waals surface area contributed by atoms with Gasteiger partial charge in [-0.3, -0.25) is 9.78 Å². The fraction of sp³-hybridized carbons (Fsp3) is 0.200. The van der Waals surface area contributed by atoms with Crippen molar-refractivity contribution in [1.82, 2.24) is 20.5 Å². The predicted octanol–water partition coefficient (Wildman–Crippen LogP) is 2.37. The highest BCUT2D eigenvalue weighted by Gasteiger charge is 2.10. The van der Waals surface area contributed by atoms with Crippen LogP contribution in [0, 0.1) is 6.92 Å². The maximum absolute atomic E-state index is 12.3. The Labute approximate surface area is 126 Å².